The van der Waals surface area contributed by atoms with Crippen molar-refractivity contribution in [1.82, 2.24) is 15.5 Å². The first kappa shape index (κ1) is 18.3. The average Bonchev–Trinajstić information content (AvgIpc) is 2.36. The minimum Gasteiger partial charge on any atom is -0.481 e. The molecule has 0 bridgehead atoms. The summed E-state index contributed by atoms with van der Waals surface area (Å²) >= 11 is 0. The maximum absolute atomic E-state index is 12.0. The summed E-state index contributed by atoms with van der Waals surface area (Å²) in [4.78, 5) is 36.1. The number of nitrogens with one attached hydrogen (secondary N) is 2. The molecule has 0 unspecified atom stereocenters. The summed E-state index contributed by atoms with van der Waals surface area (Å²) in [6.45, 7) is 5.64. The lowest BCUT2D eigenvalue weighted by Gasteiger charge is -2.29. The smallest absolute Gasteiger partial charge is 0.317 e. The van der Waals surface area contributed by atoms with E-state index in [4.69, 9.17) is 5.11 Å². The van der Waals surface area contributed by atoms with Gasteiger partial charge in [0.15, 0.2) is 0 Å². The van der Waals surface area contributed by atoms with E-state index in [-0.39, 0.29) is 36.0 Å². The molecule has 1 aliphatic rings. The van der Waals surface area contributed by atoms with E-state index < -0.39 is 5.97 Å². The molecule has 0 aromatic carbocycles. The highest BCUT2D eigenvalue weighted by Crippen LogP contribution is 2.24. The highest BCUT2D eigenvalue weighted by molar-refractivity contribution is 5.84. The molecule has 3 N–H and O–H groups in total. The number of hydrogen-bond donors (Lipinski definition) is 3. The fourth-order valence-corrected chi connectivity index (χ4v) is 2.51. The molecule has 0 radical (unpaired) electrons. The van der Waals surface area contributed by atoms with Gasteiger partial charge in [-0.05, 0) is 46.5 Å². The second kappa shape index (κ2) is 7.47. The third-order valence-electron chi connectivity index (χ3n) is 3.65. The van der Waals surface area contributed by atoms with Crippen molar-refractivity contribution in [3.8, 4) is 0 Å². The second-order valence-electron chi connectivity index (χ2n) is 6.99. The van der Waals surface area contributed by atoms with E-state index in [0.717, 1.165) is 0 Å². The van der Waals surface area contributed by atoms with Crippen LogP contribution in [0, 0.1) is 5.92 Å². The number of likely N-dealkylation sites (N-methyl/N-ethyl adjacent to an activating group) is 1. The summed E-state index contributed by atoms with van der Waals surface area (Å²) in [7, 11) is 1.57. The van der Waals surface area contributed by atoms with Crippen LogP contribution in [0.3, 0.4) is 0 Å². The lowest BCUT2D eigenvalue weighted by molar-refractivity contribution is -0.142. The Hall–Kier alpha value is -1.79. The quantitative estimate of drug-likeness (QED) is 0.726. The number of carboxylic acid groups (broad SMARTS) is 1. The van der Waals surface area contributed by atoms with Gasteiger partial charge in [0.1, 0.15) is 6.54 Å². The molecule has 22 heavy (non-hydrogen) atoms. The number of carboxylic acids is 1. The Morgan fingerprint density at radius 2 is 1.68 bits per heavy atom. The molecule has 7 heteroatoms. The summed E-state index contributed by atoms with van der Waals surface area (Å²) in [5, 5.41) is 14.6. The van der Waals surface area contributed by atoms with Gasteiger partial charge < -0.3 is 20.6 Å². The van der Waals surface area contributed by atoms with Crippen LogP contribution in [0.15, 0.2) is 0 Å². The highest BCUT2D eigenvalue weighted by Gasteiger charge is 2.27. The molecule has 0 saturated heterocycles. The lowest BCUT2D eigenvalue weighted by atomic mass is 9.86. The normalized spacial score (nSPS) is 21.8. The van der Waals surface area contributed by atoms with Crippen molar-refractivity contribution in [2.75, 3.05) is 13.6 Å². The number of carbonyl (C=O) groups excluding carboxylic acids is 2. The molecule has 1 saturated carbocycles. The van der Waals surface area contributed by atoms with E-state index in [0.29, 0.717) is 25.7 Å². The van der Waals surface area contributed by atoms with Crippen LogP contribution in [0.4, 0.5) is 4.79 Å². The second-order valence-corrected chi connectivity index (χ2v) is 6.99. The summed E-state index contributed by atoms with van der Waals surface area (Å²) < 4.78 is 0. The molecule has 1 aliphatic carbocycles. The standard InChI is InChI=1S/C15H27N3O4/c1-15(2,3)17-12(19)9-18(4)14(22)16-11-7-5-10(6-8-11)13(20)21/h10-11H,5-9H2,1-4H3,(H,16,22)(H,17,19)(H,20,21). The zero-order valence-corrected chi connectivity index (χ0v) is 13.8. The van der Waals surface area contributed by atoms with Crippen LogP contribution in [-0.2, 0) is 9.59 Å². The number of rotatable bonds is 4. The highest BCUT2D eigenvalue weighted by atomic mass is 16.4. The van der Waals surface area contributed by atoms with Crippen LogP contribution in [0.5, 0.6) is 0 Å². The molecule has 3 amide bonds. The van der Waals surface area contributed by atoms with Crippen LogP contribution in [0.1, 0.15) is 46.5 Å². The molecule has 0 atom stereocenters. The lowest BCUT2D eigenvalue weighted by Crippen LogP contribution is -2.50. The number of amides is 3. The molecule has 7 nitrogen and oxygen atoms in total. The fourth-order valence-electron chi connectivity index (χ4n) is 2.51. The fraction of sp³-hybridized carbons (Fsp3) is 0.800. The van der Waals surface area contributed by atoms with Gasteiger partial charge in [-0.3, -0.25) is 9.59 Å². The third kappa shape index (κ3) is 6.32. The van der Waals surface area contributed by atoms with Crippen LogP contribution in [0.2, 0.25) is 0 Å². The summed E-state index contributed by atoms with van der Waals surface area (Å²) in [5.74, 6) is -1.27. The van der Waals surface area contributed by atoms with Crippen molar-refractivity contribution < 1.29 is 19.5 Å². The van der Waals surface area contributed by atoms with Crippen LogP contribution in [-0.4, -0.2) is 53.1 Å². The number of nitrogens with zero attached hydrogens (tertiary/aromatic N) is 1. The molecular weight excluding hydrogens is 286 g/mol. The first-order valence-corrected chi connectivity index (χ1v) is 7.64. The van der Waals surface area contributed by atoms with E-state index >= 15 is 0 Å². The number of aliphatic carboxylic acids is 1. The molecule has 0 aliphatic heterocycles. The van der Waals surface area contributed by atoms with Crippen molar-refractivity contribution in [3.63, 3.8) is 0 Å². The van der Waals surface area contributed by atoms with Gasteiger partial charge in [-0.1, -0.05) is 0 Å². The molecular formula is C15H27N3O4. The predicted octanol–water partition coefficient (Wildman–Crippen LogP) is 1.19. The van der Waals surface area contributed by atoms with Gasteiger partial charge in [0, 0.05) is 18.6 Å². The van der Waals surface area contributed by atoms with Gasteiger partial charge in [-0.15, -0.1) is 0 Å². The summed E-state index contributed by atoms with van der Waals surface area (Å²) in [5.41, 5.74) is -0.330. The van der Waals surface area contributed by atoms with Gasteiger partial charge in [0.25, 0.3) is 0 Å². The molecule has 0 heterocycles. The monoisotopic (exact) mass is 313 g/mol. The topological polar surface area (TPSA) is 98.7 Å². The maximum Gasteiger partial charge on any atom is 0.317 e. The molecule has 0 spiro atoms. The Bertz CT molecular complexity index is 423. The number of carbonyl (C=O) groups is 3. The Morgan fingerprint density at radius 1 is 1.14 bits per heavy atom. The maximum atomic E-state index is 12.0. The summed E-state index contributed by atoms with van der Waals surface area (Å²) in [6.07, 6.45) is 2.47. The molecule has 0 aromatic rings. The van der Waals surface area contributed by atoms with Crippen molar-refractivity contribution in [3.05, 3.63) is 0 Å². The van der Waals surface area contributed by atoms with Crippen molar-refractivity contribution >= 4 is 17.9 Å². The van der Waals surface area contributed by atoms with E-state index in [2.05, 4.69) is 10.6 Å². The molecule has 1 rings (SSSR count). The zero-order valence-electron chi connectivity index (χ0n) is 13.8. The number of urea groups is 1. The first-order chi connectivity index (χ1) is 10.1. The molecule has 1 fully saturated rings. The van der Waals surface area contributed by atoms with E-state index in [1.165, 1.54) is 4.90 Å². The Kier molecular flexibility index (Phi) is 6.20. The Balaban J connectivity index is 2.36. The van der Waals surface area contributed by atoms with Gasteiger partial charge >= 0.3 is 12.0 Å². The Morgan fingerprint density at radius 3 is 2.14 bits per heavy atom. The first-order valence-electron chi connectivity index (χ1n) is 7.64. The van der Waals surface area contributed by atoms with E-state index in [1.807, 2.05) is 20.8 Å². The van der Waals surface area contributed by atoms with Gasteiger partial charge in [-0.2, -0.15) is 0 Å². The van der Waals surface area contributed by atoms with Crippen molar-refractivity contribution in [2.45, 2.75) is 58.0 Å². The van der Waals surface area contributed by atoms with Gasteiger partial charge in [0.2, 0.25) is 5.91 Å². The minimum atomic E-state index is -0.763. The predicted molar refractivity (Wildman–Crippen MR) is 82.4 cm³/mol. The SMILES string of the molecule is CN(CC(=O)NC(C)(C)C)C(=O)NC1CCC(C(=O)O)CC1. The number of hydrogen-bond acceptors (Lipinski definition) is 3. The minimum absolute atomic E-state index is 0.00637. The van der Waals surface area contributed by atoms with Gasteiger partial charge in [0.05, 0.1) is 5.92 Å². The Labute approximate surface area is 131 Å². The molecule has 126 valence electrons. The average molecular weight is 313 g/mol. The van der Waals surface area contributed by atoms with Crippen LogP contribution in [0.25, 0.3) is 0 Å². The zero-order chi connectivity index (χ0) is 16.9. The van der Waals surface area contributed by atoms with E-state index in [9.17, 15) is 14.4 Å². The largest absolute Gasteiger partial charge is 0.481 e. The van der Waals surface area contributed by atoms with Crippen molar-refractivity contribution in [1.29, 1.82) is 0 Å². The van der Waals surface area contributed by atoms with Crippen LogP contribution < -0.4 is 10.6 Å². The van der Waals surface area contributed by atoms with E-state index in [1.54, 1.807) is 7.05 Å². The van der Waals surface area contributed by atoms with Crippen LogP contribution >= 0.6 is 0 Å². The summed E-state index contributed by atoms with van der Waals surface area (Å²) in [6, 6.07) is -0.320. The molecule has 0 aromatic heterocycles. The third-order valence-corrected chi connectivity index (χ3v) is 3.65. The van der Waals surface area contributed by atoms with Gasteiger partial charge in [-0.25, -0.2) is 4.79 Å². The van der Waals surface area contributed by atoms with Crippen molar-refractivity contribution in [2.24, 2.45) is 5.92 Å².